The Morgan fingerprint density at radius 2 is 1.77 bits per heavy atom. The van der Waals surface area contributed by atoms with Gasteiger partial charge in [-0.25, -0.2) is 8.42 Å². The van der Waals surface area contributed by atoms with Gasteiger partial charge in [0, 0.05) is 11.0 Å². The number of nitrogens with two attached hydrogens (primary N) is 1. The monoisotopic (exact) mass is 412 g/mol. The van der Waals surface area contributed by atoms with Gasteiger partial charge in [-0.1, -0.05) is 15.9 Å². The zero-order chi connectivity index (χ0) is 16.1. The largest absolute Gasteiger partial charge is 0.355 e. The molecule has 0 saturated heterocycles. The smallest absolute Gasteiger partial charge is 0.241 e. The number of carbonyl (C=O) groups is 1. The second-order valence-corrected chi connectivity index (χ2v) is 8.63. The quantitative estimate of drug-likeness (QED) is 0.671. The number of rotatable bonds is 7. The Morgan fingerprint density at radius 1 is 1.23 bits per heavy atom. The van der Waals surface area contributed by atoms with Crippen LogP contribution in [0, 0.1) is 0 Å². The molecule has 0 aliphatic rings. The standard InChI is InChI=1S/C14H21BrN2O3S.ClH/c1-14(2,13(18)17-10-4-3-9-16)21(19,20)12-7-5-11(15)6-8-12;/h5-8H,3-4,9-10,16H2,1-2H3,(H,17,18);1H. The highest BCUT2D eigenvalue weighted by molar-refractivity contribution is 9.10. The van der Waals surface area contributed by atoms with Gasteiger partial charge in [-0.05, 0) is 57.5 Å². The summed E-state index contributed by atoms with van der Waals surface area (Å²) in [5.41, 5.74) is 5.38. The summed E-state index contributed by atoms with van der Waals surface area (Å²) in [6.07, 6.45) is 1.52. The topological polar surface area (TPSA) is 89.3 Å². The third-order valence-corrected chi connectivity index (χ3v) is 6.21. The van der Waals surface area contributed by atoms with Crippen LogP contribution < -0.4 is 11.1 Å². The first-order valence-corrected chi connectivity index (χ1v) is 8.99. The molecule has 126 valence electrons. The van der Waals surface area contributed by atoms with Gasteiger partial charge in [0.2, 0.25) is 5.91 Å². The minimum Gasteiger partial charge on any atom is -0.355 e. The van der Waals surface area contributed by atoms with Crippen molar-refractivity contribution in [2.75, 3.05) is 13.1 Å². The fraction of sp³-hybridized carbons (Fsp3) is 0.500. The van der Waals surface area contributed by atoms with E-state index in [4.69, 9.17) is 5.73 Å². The first-order valence-electron chi connectivity index (χ1n) is 6.72. The van der Waals surface area contributed by atoms with Crippen LogP contribution >= 0.6 is 28.3 Å². The highest BCUT2D eigenvalue weighted by Crippen LogP contribution is 2.26. The summed E-state index contributed by atoms with van der Waals surface area (Å²) in [6, 6.07) is 6.26. The Hall–Kier alpha value is -0.630. The summed E-state index contributed by atoms with van der Waals surface area (Å²) in [6.45, 7) is 3.82. The van der Waals surface area contributed by atoms with Crippen LogP contribution in [-0.2, 0) is 14.6 Å². The molecule has 0 fully saturated rings. The predicted octanol–water partition coefficient (Wildman–Crippen LogP) is 2.28. The maximum absolute atomic E-state index is 12.6. The van der Waals surface area contributed by atoms with Gasteiger partial charge in [0.05, 0.1) is 4.90 Å². The van der Waals surface area contributed by atoms with Crippen LogP contribution in [0.1, 0.15) is 26.7 Å². The van der Waals surface area contributed by atoms with E-state index in [9.17, 15) is 13.2 Å². The summed E-state index contributed by atoms with van der Waals surface area (Å²) in [4.78, 5) is 12.3. The third kappa shape index (κ3) is 4.94. The Balaban J connectivity index is 0.00000441. The molecule has 0 atom stereocenters. The Labute approximate surface area is 146 Å². The maximum atomic E-state index is 12.6. The van der Waals surface area contributed by atoms with Crippen molar-refractivity contribution in [3.8, 4) is 0 Å². The average molecular weight is 414 g/mol. The van der Waals surface area contributed by atoms with Crippen molar-refractivity contribution in [2.24, 2.45) is 5.73 Å². The van der Waals surface area contributed by atoms with Gasteiger partial charge in [-0.15, -0.1) is 12.4 Å². The van der Waals surface area contributed by atoms with Gasteiger partial charge in [0.25, 0.3) is 0 Å². The van der Waals surface area contributed by atoms with Crippen LogP contribution in [0.5, 0.6) is 0 Å². The predicted molar refractivity (Wildman–Crippen MR) is 94.0 cm³/mol. The van der Waals surface area contributed by atoms with Crippen LogP contribution in [0.3, 0.4) is 0 Å². The lowest BCUT2D eigenvalue weighted by Gasteiger charge is -2.24. The maximum Gasteiger partial charge on any atom is 0.241 e. The highest BCUT2D eigenvalue weighted by Gasteiger charge is 2.42. The summed E-state index contributed by atoms with van der Waals surface area (Å²) in [7, 11) is -3.75. The van der Waals surface area contributed by atoms with Gasteiger partial charge in [0.15, 0.2) is 9.84 Å². The van der Waals surface area contributed by atoms with Crippen LogP contribution in [-0.4, -0.2) is 32.2 Å². The second-order valence-electron chi connectivity index (χ2n) is 5.22. The molecule has 5 nitrogen and oxygen atoms in total. The fourth-order valence-corrected chi connectivity index (χ4v) is 3.38. The molecule has 0 aliphatic carbocycles. The van der Waals surface area contributed by atoms with E-state index in [-0.39, 0.29) is 17.3 Å². The highest BCUT2D eigenvalue weighted by atomic mass is 79.9. The van der Waals surface area contributed by atoms with Crippen molar-refractivity contribution in [1.82, 2.24) is 5.32 Å². The summed E-state index contributed by atoms with van der Waals surface area (Å²) < 4.78 is 24.5. The van der Waals surface area contributed by atoms with Crippen molar-refractivity contribution in [2.45, 2.75) is 36.3 Å². The van der Waals surface area contributed by atoms with Gasteiger partial charge < -0.3 is 11.1 Å². The second kappa shape index (κ2) is 8.86. The average Bonchev–Trinajstić information content (AvgIpc) is 2.43. The van der Waals surface area contributed by atoms with Crippen molar-refractivity contribution >= 4 is 44.1 Å². The normalized spacial score (nSPS) is 11.6. The Bertz CT molecular complexity index is 589. The molecule has 22 heavy (non-hydrogen) atoms. The molecule has 1 aromatic carbocycles. The number of hydrogen-bond acceptors (Lipinski definition) is 4. The van der Waals surface area contributed by atoms with Gasteiger partial charge >= 0.3 is 0 Å². The molecular formula is C14H22BrClN2O3S. The molecule has 0 aromatic heterocycles. The van der Waals surface area contributed by atoms with E-state index in [0.717, 1.165) is 17.3 Å². The van der Waals surface area contributed by atoms with Crippen molar-refractivity contribution in [1.29, 1.82) is 0 Å². The molecule has 1 amide bonds. The molecule has 0 aliphatic heterocycles. The SMILES string of the molecule is CC(C)(C(=O)NCCCCN)S(=O)(=O)c1ccc(Br)cc1.Cl. The molecule has 0 saturated carbocycles. The first kappa shape index (κ1) is 21.4. The lowest BCUT2D eigenvalue weighted by molar-refractivity contribution is -0.122. The lowest BCUT2D eigenvalue weighted by Crippen LogP contribution is -2.48. The molecule has 0 radical (unpaired) electrons. The molecular weight excluding hydrogens is 392 g/mol. The molecule has 0 spiro atoms. The molecule has 1 aromatic rings. The van der Waals surface area contributed by atoms with Crippen LogP contribution in [0.15, 0.2) is 33.6 Å². The van der Waals surface area contributed by atoms with Crippen molar-refractivity contribution < 1.29 is 13.2 Å². The minimum atomic E-state index is -3.75. The number of carbonyl (C=O) groups excluding carboxylic acids is 1. The van der Waals surface area contributed by atoms with E-state index in [2.05, 4.69) is 21.2 Å². The number of hydrogen-bond donors (Lipinski definition) is 2. The number of unbranched alkanes of at least 4 members (excludes halogenated alkanes) is 1. The van der Waals surface area contributed by atoms with Crippen molar-refractivity contribution in [3.63, 3.8) is 0 Å². The van der Waals surface area contributed by atoms with Gasteiger partial charge in [0.1, 0.15) is 4.75 Å². The van der Waals surface area contributed by atoms with E-state index in [1.807, 2.05) is 0 Å². The Morgan fingerprint density at radius 3 is 2.27 bits per heavy atom. The lowest BCUT2D eigenvalue weighted by atomic mass is 10.2. The van der Waals surface area contributed by atoms with E-state index in [1.54, 1.807) is 12.1 Å². The fourth-order valence-electron chi connectivity index (χ4n) is 1.71. The minimum absolute atomic E-state index is 0. The Kier molecular flexibility index (Phi) is 8.61. The zero-order valence-electron chi connectivity index (χ0n) is 12.6. The molecule has 0 bridgehead atoms. The van der Waals surface area contributed by atoms with E-state index < -0.39 is 20.5 Å². The number of nitrogens with one attached hydrogen (secondary N) is 1. The summed E-state index contributed by atoms with van der Waals surface area (Å²) in [5.74, 6) is -0.498. The molecule has 0 heterocycles. The van der Waals surface area contributed by atoms with E-state index >= 15 is 0 Å². The van der Waals surface area contributed by atoms with Crippen molar-refractivity contribution in [3.05, 3.63) is 28.7 Å². The molecule has 1 rings (SSSR count). The molecule has 3 N–H and O–H groups in total. The van der Waals surface area contributed by atoms with E-state index in [0.29, 0.717) is 13.1 Å². The van der Waals surface area contributed by atoms with E-state index in [1.165, 1.54) is 26.0 Å². The summed E-state index contributed by atoms with van der Waals surface area (Å²) >= 11 is 3.26. The number of sulfone groups is 1. The van der Waals surface area contributed by atoms with Crippen LogP contribution in [0.4, 0.5) is 0 Å². The van der Waals surface area contributed by atoms with Gasteiger partial charge in [-0.2, -0.15) is 0 Å². The third-order valence-electron chi connectivity index (χ3n) is 3.26. The molecule has 8 heteroatoms. The molecule has 0 unspecified atom stereocenters. The summed E-state index contributed by atoms with van der Waals surface area (Å²) in [5, 5.41) is 2.66. The van der Waals surface area contributed by atoms with Gasteiger partial charge in [-0.3, -0.25) is 4.79 Å². The number of halogens is 2. The number of amides is 1. The van der Waals surface area contributed by atoms with Crippen LogP contribution in [0.2, 0.25) is 0 Å². The number of benzene rings is 1. The zero-order valence-corrected chi connectivity index (χ0v) is 15.9. The van der Waals surface area contributed by atoms with Crippen LogP contribution in [0.25, 0.3) is 0 Å². The first-order chi connectivity index (χ1) is 9.73.